The van der Waals surface area contributed by atoms with Crippen LogP contribution in [0, 0.1) is 0 Å². The molecule has 0 aromatic carbocycles. The minimum Gasteiger partial charge on any atom is -0.364 e. The van der Waals surface area contributed by atoms with Crippen LogP contribution in [0.1, 0.15) is 13.3 Å². The van der Waals surface area contributed by atoms with Gasteiger partial charge in [-0.2, -0.15) is 0 Å². The first kappa shape index (κ1) is 13.1. The molecule has 0 bridgehead atoms. The first-order valence-corrected chi connectivity index (χ1v) is 4.92. The Labute approximate surface area is 90.1 Å². The summed E-state index contributed by atoms with van der Waals surface area (Å²) in [5.74, 6) is -0.605. The number of thiocarbonyl (C=S) groups is 1. The van der Waals surface area contributed by atoms with Crippen molar-refractivity contribution < 1.29 is 4.79 Å². The largest absolute Gasteiger partial charge is 0.364 e. The van der Waals surface area contributed by atoms with Gasteiger partial charge in [0.1, 0.15) is 0 Å². The van der Waals surface area contributed by atoms with Gasteiger partial charge in [-0.3, -0.25) is 4.79 Å². The number of nitrogens with zero attached hydrogens (tertiary/aromatic N) is 1. The van der Waals surface area contributed by atoms with Crippen molar-refractivity contribution in [2.24, 2.45) is 5.73 Å². The predicted molar refractivity (Wildman–Crippen MR) is 61.9 cm³/mol. The molecule has 0 heterocycles. The quantitative estimate of drug-likeness (QED) is 0.645. The van der Waals surface area contributed by atoms with Crippen LogP contribution < -0.4 is 11.1 Å². The van der Waals surface area contributed by atoms with E-state index in [2.05, 4.69) is 29.4 Å². The van der Waals surface area contributed by atoms with Crippen LogP contribution in [-0.2, 0) is 4.79 Å². The molecule has 0 atom stereocenters. The Morgan fingerprint density at radius 3 is 2.79 bits per heavy atom. The molecule has 0 fully saturated rings. The van der Waals surface area contributed by atoms with Gasteiger partial charge in [0.25, 0.3) is 5.91 Å². The van der Waals surface area contributed by atoms with Crippen molar-refractivity contribution in [1.29, 1.82) is 0 Å². The summed E-state index contributed by atoms with van der Waals surface area (Å²) in [7, 11) is 2.03. The van der Waals surface area contributed by atoms with Gasteiger partial charge in [0.05, 0.1) is 0 Å². The van der Waals surface area contributed by atoms with Gasteiger partial charge >= 0.3 is 0 Å². The van der Waals surface area contributed by atoms with Crippen LogP contribution in [0.2, 0.25) is 0 Å². The Hall–Kier alpha value is -0.940. The maximum Gasteiger partial charge on any atom is 0.276 e. The van der Waals surface area contributed by atoms with Gasteiger partial charge in [0.2, 0.25) is 0 Å². The molecule has 80 valence electrons. The number of carbonyl (C=O) groups excluding carboxylic acids is 1. The first-order valence-electron chi connectivity index (χ1n) is 4.51. The zero-order valence-electron chi connectivity index (χ0n) is 8.62. The molecule has 0 aromatic rings. The molecular weight excluding hydrogens is 198 g/mol. The highest BCUT2D eigenvalue weighted by atomic mass is 32.1. The van der Waals surface area contributed by atoms with E-state index < -0.39 is 5.91 Å². The zero-order chi connectivity index (χ0) is 11.0. The van der Waals surface area contributed by atoms with Crippen molar-refractivity contribution >= 4 is 23.1 Å². The lowest BCUT2D eigenvalue weighted by molar-refractivity contribution is -0.111. The number of primary amides is 1. The molecule has 0 aliphatic heterocycles. The Balaban J connectivity index is 3.63. The molecule has 0 aliphatic rings. The molecule has 14 heavy (non-hydrogen) atoms. The standard InChI is InChI=1S/C9H17N3OS/c1-3-6-12(2)7-4-5-11-9(14)8(10)13/h4-5H,3,6-7H2,1-2H3,(H2,10,13)(H,11,14)/b5-4+. The second-order valence-electron chi connectivity index (χ2n) is 3.00. The van der Waals surface area contributed by atoms with Crippen molar-refractivity contribution in [2.75, 3.05) is 20.1 Å². The SMILES string of the molecule is CCCN(C)C/C=C/NC(=S)C(N)=O. The van der Waals surface area contributed by atoms with E-state index in [0.29, 0.717) is 0 Å². The predicted octanol–water partition coefficient (Wildman–Crippen LogP) is 0.244. The van der Waals surface area contributed by atoms with E-state index in [1.165, 1.54) is 0 Å². The highest BCUT2D eigenvalue weighted by Crippen LogP contribution is 1.85. The monoisotopic (exact) mass is 215 g/mol. The third-order valence-electron chi connectivity index (χ3n) is 1.58. The summed E-state index contributed by atoms with van der Waals surface area (Å²) in [4.78, 5) is 12.7. The maximum atomic E-state index is 10.5. The Morgan fingerprint density at radius 2 is 2.29 bits per heavy atom. The summed E-state index contributed by atoms with van der Waals surface area (Å²) in [5.41, 5.74) is 4.94. The molecular formula is C9H17N3OS. The van der Waals surface area contributed by atoms with Crippen LogP contribution in [0.3, 0.4) is 0 Å². The number of hydrogen-bond donors (Lipinski definition) is 2. The number of likely N-dealkylation sites (N-methyl/N-ethyl adjacent to an activating group) is 1. The average Bonchev–Trinajstić information content (AvgIpc) is 2.12. The molecule has 3 N–H and O–H groups in total. The first-order chi connectivity index (χ1) is 6.57. The highest BCUT2D eigenvalue weighted by molar-refractivity contribution is 7.82. The fourth-order valence-electron chi connectivity index (χ4n) is 0.911. The summed E-state index contributed by atoms with van der Waals surface area (Å²) >= 11 is 4.66. The lowest BCUT2D eigenvalue weighted by Crippen LogP contribution is -2.31. The van der Waals surface area contributed by atoms with Gasteiger partial charge in [-0.1, -0.05) is 25.2 Å². The van der Waals surface area contributed by atoms with Gasteiger partial charge in [-0.15, -0.1) is 0 Å². The summed E-state index contributed by atoms with van der Waals surface area (Å²) in [6.07, 6.45) is 4.65. The van der Waals surface area contributed by atoms with E-state index in [4.69, 9.17) is 5.73 Å². The van der Waals surface area contributed by atoms with Crippen LogP contribution in [0.15, 0.2) is 12.3 Å². The number of hydrogen-bond acceptors (Lipinski definition) is 3. The van der Waals surface area contributed by atoms with Crippen LogP contribution >= 0.6 is 12.2 Å². The van der Waals surface area contributed by atoms with Gasteiger partial charge in [-0.25, -0.2) is 0 Å². The maximum absolute atomic E-state index is 10.5. The molecule has 0 unspecified atom stereocenters. The van der Waals surface area contributed by atoms with Gasteiger partial charge in [0, 0.05) is 6.54 Å². The van der Waals surface area contributed by atoms with Gasteiger partial charge < -0.3 is 16.0 Å². The van der Waals surface area contributed by atoms with Crippen molar-refractivity contribution in [3.8, 4) is 0 Å². The van der Waals surface area contributed by atoms with E-state index >= 15 is 0 Å². The highest BCUT2D eigenvalue weighted by Gasteiger charge is 1.98. The lowest BCUT2D eigenvalue weighted by atomic mass is 10.4. The number of nitrogens with two attached hydrogens (primary N) is 1. The van der Waals surface area contributed by atoms with Crippen molar-refractivity contribution in [3.63, 3.8) is 0 Å². The van der Waals surface area contributed by atoms with Crippen molar-refractivity contribution in [3.05, 3.63) is 12.3 Å². The topological polar surface area (TPSA) is 58.4 Å². The minimum atomic E-state index is -0.605. The van der Waals surface area contributed by atoms with E-state index in [1.54, 1.807) is 6.20 Å². The third kappa shape index (κ3) is 6.56. The number of amides is 1. The normalized spacial score (nSPS) is 10.8. The van der Waals surface area contributed by atoms with Crippen molar-refractivity contribution in [2.45, 2.75) is 13.3 Å². The molecule has 0 saturated carbocycles. The summed E-state index contributed by atoms with van der Waals surface area (Å²) in [5, 5.41) is 2.63. The molecule has 4 nitrogen and oxygen atoms in total. The van der Waals surface area contributed by atoms with Crippen LogP contribution in [-0.4, -0.2) is 35.9 Å². The Bertz CT molecular complexity index is 228. The fourth-order valence-corrected chi connectivity index (χ4v) is 0.979. The minimum absolute atomic E-state index is 0.0411. The second kappa shape index (κ2) is 7.46. The van der Waals surface area contributed by atoms with Crippen LogP contribution in [0.25, 0.3) is 0 Å². The van der Waals surface area contributed by atoms with Crippen molar-refractivity contribution in [1.82, 2.24) is 10.2 Å². The molecule has 0 radical (unpaired) electrons. The second-order valence-corrected chi connectivity index (χ2v) is 3.41. The molecule has 0 aliphatic carbocycles. The number of nitrogens with one attached hydrogen (secondary N) is 1. The summed E-state index contributed by atoms with van der Waals surface area (Å²) in [6, 6.07) is 0. The molecule has 0 saturated heterocycles. The Morgan fingerprint density at radius 1 is 1.64 bits per heavy atom. The lowest BCUT2D eigenvalue weighted by Gasteiger charge is -2.11. The van der Waals surface area contributed by atoms with E-state index in [-0.39, 0.29) is 4.99 Å². The zero-order valence-corrected chi connectivity index (χ0v) is 9.43. The van der Waals surface area contributed by atoms with Gasteiger partial charge in [0.15, 0.2) is 4.99 Å². The molecule has 1 amide bonds. The molecule has 5 heteroatoms. The Kier molecular flexibility index (Phi) is 6.96. The third-order valence-corrected chi connectivity index (χ3v) is 1.90. The average molecular weight is 215 g/mol. The van der Waals surface area contributed by atoms with E-state index in [9.17, 15) is 4.79 Å². The molecule has 0 spiro atoms. The summed E-state index contributed by atoms with van der Waals surface area (Å²) in [6.45, 7) is 3.99. The smallest absolute Gasteiger partial charge is 0.276 e. The molecule has 0 rings (SSSR count). The van der Waals surface area contributed by atoms with E-state index in [0.717, 1.165) is 19.5 Å². The molecule has 0 aromatic heterocycles. The van der Waals surface area contributed by atoms with Crippen LogP contribution in [0.5, 0.6) is 0 Å². The number of rotatable bonds is 5. The van der Waals surface area contributed by atoms with Gasteiger partial charge in [-0.05, 0) is 26.2 Å². The summed E-state index contributed by atoms with van der Waals surface area (Å²) < 4.78 is 0. The van der Waals surface area contributed by atoms with E-state index in [1.807, 2.05) is 13.1 Å². The number of carbonyl (C=O) groups is 1. The van der Waals surface area contributed by atoms with Crippen LogP contribution in [0.4, 0.5) is 0 Å². The fraction of sp³-hybridized carbons (Fsp3) is 0.556.